The summed E-state index contributed by atoms with van der Waals surface area (Å²) in [6.07, 6.45) is 2.04. The van der Waals surface area contributed by atoms with Crippen LogP contribution in [0.2, 0.25) is 0 Å². The zero-order chi connectivity index (χ0) is 18.0. The second-order valence-electron chi connectivity index (χ2n) is 7.59. The third-order valence-corrected chi connectivity index (χ3v) is 5.65. The molecule has 1 aromatic heterocycles. The maximum absolute atomic E-state index is 12.5. The molecule has 2 N–H and O–H groups in total. The summed E-state index contributed by atoms with van der Waals surface area (Å²) in [4.78, 5) is 16.9. The molecule has 7 nitrogen and oxygen atoms in total. The molecule has 140 valence electrons. The van der Waals surface area contributed by atoms with Crippen LogP contribution in [0.5, 0.6) is 0 Å². The topological polar surface area (TPSA) is 81.8 Å². The van der Waals surface area contributed by atoms with Crippen molar-refractivity contribution < 1.29 is 14.4 Å². The van der Waals surface area contributed by atoms with E-state index in [-0.39, 0.29) is 17.9 Å². The zero-order valence-corrected chi connectivity index (χ0v) is 15.5. The Morgan fingerprint density at radius 1 is 1.28 bits per heavy atom. The van der Waals surface area contributed by atoms with Crippen LogP contribution in [0.25, 0.3) is 0 Å². The average Bonchev–Trinajstić information content (AvgIpc) is 2.90. The van der Waals surface area contributed by atoms with Gasteiger partial charge in [-0.3, -0.25) is 9.69 Å². The summed E-state index contributed by atoms with van der Waals surface area (Å²) in [5.41, 5.74) is 2.01. The molecule has 1 aromatic rings. The molecule has 0 radical (unpaired) electrons. The molecule has 25 heavy (non-hydrogen) atoms. The fourth-order valence-corrected chi connectivity index (χ4v) is 3.83. The van der Waals surface area contributed by atoms with Crippen LogP contribution >= 0.6 is 0 Å². The highest BCUT2D eigenvalue weighted by Gasteiger charge is 2.32. The maximum atomic E-state index is 12.5. The van der Waals surface area contributed by atoms with E-state index in [9.17, 15) is 9.90 Å². The normalized spacial score (nSPS) is 26.7. The van der Waals surface area contributed by atoms with Crippen LogP contribution in [0.3, 0.4) is 0 Å². The van der Waals surface area contributed by atoms with Gasteiger partial charge in [0.15, 0.2) is 0 Å². The van der Waals surface area contributed by atoms with Crippen molar-refractivity contribution in [1.82, 2.24) is 20.3 Å². The molecule has 1 amide bonds. The van der Waals surface area contributed by atoms with Gasteiger partial charge in [0.05, 0.1) is 17.8 Å². The predicted molar refractivity (Wildman–Crippen MR) is 94.0 cm³/mol. The molecule has 2 aliphatic rings. The monoisotopic (exact) mass is 350 g/mol. The first-order chi connectivity index (χ1) is 11.9. The van der Waals surface area contributed by atoms with Crippen molar-refractivity contribution in [1.29, 1.82) is 0 Å². The van der Waals surface area contributed by atoms with E-state index < -0.39 is 6.10 Å². The van der Waals surface area contributed by atoms with Gasteiger partial charge in [0.2, 0.25) is 5.91 Å². The van der Waals surface area contributed by atoms with Gasteiger partial charge in [-0.25, -0.2) is 0 Å². The summed E-state index contributed by atoms with van der Waals surface area (Å²) in [5, 5.41) is 17.6. The standard InChI is InChI=1S/C18H30N4O3/c1-12-15(13(2)25-20-12)10-22-9-6-16(17(23)11-22)19-18(24)14-4-7-21(3)8-5-14/h14,16-17,23H,4-11H2,1-3H3,(H,19,24). The van der Waals surface area contributed by atoms with Crippen LogP contribution in [-0.2, 0) is 11.3 Å². The van der Waals surface area contributed by atoms with Gasteiger partial charge in [-0.2, -0.15) is 0 Å². The predicted octanol–water partition coefficient (Wildman–Crippen LogP) is 0.685. The summed E-state index contributed by atoms with van der Waals surface area (Å²) in [5.74, 6) is 1.03. The molecule has 0 aromatic carbocycles. The molecule has 2 fully saturated rings. The first-order valence-corrected chi connectivity index (χ1v) is 9.25. The summed E-state index contributed by atoms with van der Waals surface area (Å²) in [6.45, 7) is 7.93. The molecule has 0 saturated carbocycles. The van der Waals surface area contributed by atoms with E-state index in [0.29, 0.717) is 6.54 Å². The molecule has 2 saturated heterocycles. The van der Waals surface area contributed by atoms with E-state index in [1.807, 2.05) is 13.8 Å². The van der Waals surface area contributed by atoms with Crippen molar-refractivity contribution in [2.24, 2.45) is 5.92 Å². The molecular weight excluding hydrogens is 320 g/mol. The Balaban J connectivity index is 1.49. The number of hydrogen-bond acceptors (Lipinski definition) is 6. The highest BCUT2D eigenvalue weighted by Crippen LogP contribution is 2.21. The Kier molecular flexibility index (Phi) is 5.76. The molecular formula is C18H30N4O3. The van der Waals surface area contributed by atoms with Gasteiger partial charge in [0, 0.05) is 31.1 Å². The lowest BCUT2D eigenvalue weighted by Crippen LogP contribution is -2.55. The lowest BCUT2D eigenvalue weighted by Gasteiger charge is -2.37. The molecule has 3 heterocycles. The van der Waals surface area contributed by atoms with Gasteiger partial charge < -0.3 is 19.8 Å². The number of aliphatic hydroxyl groups excluding tert-OH is 1. The van der Waals surface area contributed by atoms with Crippen molar-refractivity contribution in [3.05, 3.63) is 17.0 Å². The van der Waals surface area contributed by atoms with Crippen LogP contribution in [0.15, 0.2) is 4.52 Å². The molecule has 7 heteroatoms. The van der Waals surface area contributed by atoms with Crippen molar-refractivity contribution in [2.75, 3.05) is 33.2 Å². The molecule has 0 spiro atoms. The second kappa shape index (κ2) is 7.85. The lowest BCUT2D eigenvalue weighted by atomic mass is 9.94. The Bertz CT molecular complexity index is 576. The zero-order valence-electron chi connectivity index (χ0n) is 15.5. The lowest BCUT2D eigenvalue weighted by molar-refractivity contribution is -0.128. The molecule has 2 atom stereocenters. The second-order valence-corrected chi connectivity index (χ2v) is 7.59. The number of piperidine rings is 2. The van der Waals surface area contributed by atoms with Crippen LogP contribution in [0, 0.1) is 19.8 Å². The summed E-state index contributed by atoms with van der Waals surface area (Å²) in [7, 11) is 2.09. The third kappa shape index (κ3) is 4.40. The van der Waals surface area contributed by atoms with E-state index >= 15 is 0 Å². The van der Waals surface area contributed by atoms with Gasteiger partial charge in [0.25, 0.3) is 0 Å². The van der Waals surface area contributed by atoms with Crippen molar-refractivity contribution >= 4 is 5.91 Å². The Morgan fingerprint density at radius 3 is 2.60 bits per heavy atom. The molecule has 2 aliphatic heterocycles. The van der Waals surface area contributed by atoms with Crippen LogP contribution in [0.1, 0.15) is 36.3 Å². The smallest absolute Gasteiger partial charge is 0.223 e. The fraction of sp³-hybridized carbons (Fsp3) is 0.778. The van der Waals surface area contributed by atoms with Crippen molar-refractivity contribution in [2.45, 2.75) is 51.8 Å². The Morgan fingerprint density at radius 2 is 2.00 bits per heavy atom. The number of carbonyl (C=O) groups excluding carboxylic acids is 1. The first-order valence-electron chi connectivity index (χ1n) is 9.25. The molecule has 0 aliphatic carbocycles. The van der Waals surface area contributed by atoms with Crippen LogP contribution in [-0.4, -0.2) is 71.3 Å². The van der Waals surface area contributed by atoms with Crippen molar-refractivity contribution in [3.63, 3.8) is 0 Å². The van der Waals surface area contributed by atoms with E-state index in [0.717, 1.165) is 62.5 Å². The number of rotatable bonds is 4. The van der Waals surface area contributed by atoms with Crippen molar-refractivity contribution in [3.8, 4) is 0 Å². The van der Waals surface area contributed by atoms with E-state index in [1.165, 1.54) is 0 Å². The van der Waals surface area contributed by atoms with Gasteiger partial charge in [0.1, 0.15) is 5.76 Å². The number of aromatic nitrogens is 1. The number of aryl methyl sites for hydroxylation is 2. The van der Waals surface area contributed by atoms with Crippen LogP contribution < -0.4 is 5.32 Å². The van der Waals surface area contributed by atoms with Gasteiger partial charge in [-0.05, 0) is 53.2 Å². The van der Waals surface area contributed by atoms with E-state index in [1.54, 1.807) is 0 Å². The molecule has 2 unspecified atom stereocenters. The number of β-amino-alcohol motifs (C(OH)–C–C–N with tert-alkyl or cyclic N) is 1. The number of likely N-dealkylation sites (tertiary alicyclic amines) is 2. The summed E-state index contributed by atoms with van der Waals surface area (Å²) < 4.78 is 5.21. The largest absolute Gasteiger partial charge is 0.390 e. The first kappa shape index (κ1) is 18.4. The number of amides is 1. The minimum Gasteiger partial charge on any atom is -0.390 e. The highest BCUT2D eigenvalue weighted by atomic mass is 16.5. The Labute approximate surface area is 149 Å². The van der Waals surface area contributed by atoms with E-state index in [4.69, 9.17) is 4.52 Å². The minimum atomic E-state index is -0.538. The van der Waals surface area contributed by atoms with Gasteiger partial charge in [-0.15, -0.1) is 0 Å². The number of hydrogen-bond donors (Lipinski definition) is 2. The number of nitrogens with zero attached hydrogens (tertiary/aromatic N) is 3. The number of nitrogens with one attached hydrogen (secondary N) is 1. The third-order valence-electron chi connectivity index (χ3n) is 5.65. The van der Waals surface area contributed by atoms with Gasteiger partial charge >= 0.3 is 0 Å². The van der Waals surface area contributed by atoms with Gasteiger partial charge in [-0.1, -0.05) is 5.16 Å². The van der Waals surface area contributed by atoms with Crippen LogP contribution in [0.4, 0.5) is 0 Å². The maximum Gasteiger partial charge on any atom is 0.223 e. The SMILES string of the molecule is Cc1noc(C)c1CN1CCC(NC(=O)C2CCN(C)CC2)C(O)C1. The minimum absolute atomic E-state index is 0.0868. The number of carbonyl (C=O) groups is 1. The Hall–Kier alpha value is -1.44. The summed E-state index contributed by atoms with van der Waals surface area (Å²) in [6, 6.07) is -0.145. The number of aliphatic hydroxyl groups is 1. The summed E-state index contributed by atoms with van der Waals surface area (Å²) >= 11 is 0. The van der Waals surface area contributed by atoms with E-state index in [2.05, 4.69) is 27.3 Å². The molecule has 3 rings (SSSR count). The quantitative estimate of drug-likeness (QED) is 0.831. The molecule has 0 bridgehead atoms. The highest BCUT2D eigenvalue weighted by molar-refractivity contribution is 5.79. The average molecular weight is 350 g/mol. The fourth-order valence-electron chi connectivity index (χ4n) is 3.83.